The number of nitrogens with two attached hydrogens (primary N) is 2. The molecule has 0 spiro atoms. The Hall–Kier alpha value is -6.08. The minimum absolute atomic E-state index is 0.283. The number of carbonyl (C=O) groups is 6. The summed E-state index contributed by atoms with van der Waals surface area (Å²) in [6, 6.07) is 20.7. The molecule has 264 valence electrons. The number of hydrazine groups is 2. The summed E-state index contributed by atoms with van der Waals surface area (Å²) >= 11 is 0. The van der Waals surface area contributed by atoms with Crippen molar-refractivity contribution in [1.29, 1.82) is 0 Å². The fraction of sp³-hybridized carbons (Fsp3) is 0.200. The van der Waals surface area contributed by atoms with E-state index in [0.29, 0.717) is 36.5 Å². The van der Waals surface area contributed by atoms with Crippen LogP contribution in [0.3, 0.4) is 0 Å². The van der Waals surface area contributed by atoms with Crippen molar-refractivity contribution in [2.24, 2.45) is 11.7 Å². The van der Waals surface area contributed by atoms with Crippen LogP contribution in [-0.4, -0.2) is 61.0 Å². The number of para-hydroxylation sites is 2. The molecule has 2 aromatic carbocycles. The summed E-state index contributed by atoms with van der Waals surface area (Å²) in [5.41, 5.74) is 7.59. The number of hydrogen-bond acceptors (Lipinski definition) is 18. The number of carboxylic acids is 6. The molecule has 2 rings (SSSR count). The van der Waals surface area contributed by atoms with E-state index in [1.807, 2.05) is 74.5 Å². The van der Waals surface area contributed by atoms with Crippen LogP contribution < -0.4 is 63.8 Å². The number of hydrogen-bond donors (Lipinski definition) is 6. The van der Waals surface area contributed by atoms with E-state index >= 15 is 0 Å². The fourth-order valence-electron chi connectivity index (χ4n) is 2.18. The number of rotatable bonds is 14. The highest BCUT2D eigenvalue weighted by atomic mass is 16.4. The first-order valence-corrected chi connectivity index (χ1v) is 13.3. The molecule has 0 saturated heterocycles. The van der Waals surface area contributed by atoms with Crippen LogP contribution in [0.1, 0.15) is 13.8 Å². The average Bonchev–Trinajstić information content (AvgIpc) is 3.05. The molecular weight excluding hydrogens is 636 g/mol. The standard InChI is InChI=1S/2C9H15N3.3C4H4O4/c2*1-8(12-10)7-11-9-5-3-2-4-6-9;3*5-3(6)1-2-4(7)8/h2*2-6,8,11-12H,7,10H2,1H3;3*1-2H,(H,5,6)(H,7,8)/p-6/b;;3*2-1-. The summed E-state index contributed by atoms with van der Waals surface area (Å²) < 4.78 is 0. The Balaban J connectivity index is -0.000000536. The molecule has 0 aromatic heterocycles. The van der Waals surface area contributed by atoms with E-state index in [1.165, 1.54) is 0 Å². The van der Waals surface area contributed by atoms with Crippen molar-refractivity contribution in [2.75, 3.05) is 23.7 Å². The Bertz CT molecular complexity index is 1130. The van der Waals surface area contributed by atoms with Crippen molar-refractivity contribution in [3.63, 3.8) is 0 Å². The molecule has 0 bridgehead atoms. The maximum Gasteiger partial charge on any atom is 0.0643 e. The molecule has 0 aliphatic rings. The van der Waals surface area contributed by atoms with Gasteiger partial charge in [0.15, 0.2) is 0 Å². The Morgan fingerprint density at radius 1 is 0.500 bits per heavy atom. The summed E-state index contributed by atoms with van der Waals surface area (Å²) in [4.78, 5) is 56.5. The second-order valence-corrected chi connectivity index (χ2v) is 8.54. The lowest BCUT2D eigenvalue weighted by atomic mass is 10.3. The first-order valence-electron chi connectivity index (χ1n) is 13.3. The van der Waals surface area contributed by atoms with Crippen LogP contribution in [0.5, 0.6) is 0 Å². The lowest BCUT2D eigenvalue weighted by molar-refractivity contribution is -0.301. The molecule has 0 heterocycles. The highest BCUT2D eigenvalue weighted by Gasteiger charge is 1.97. The third-order valence-corrected chi connectivity index (χ3v) is 4.41. The predicted octanol–water partition coefficient (Wildman–Crippen LogP) is -6.97. The molecule has 2 aromatic rings. The van der Waals surface area contributed by atoms with Gasteiger partial charge in [-0.25, -0.2) is 0 Å². The Labute approximate surface area is 276 Å². The van der Waals surface area contributed by atoms with Gasteiger partial charge >= 0.3 is 0 Å². The topological polar surface area (TPSA) is 341 Å². The van der Waals surface area contributed by atoms with Crippen molar-refractivity contribution in [2.45, 2.75) is 25.9 Å². The zero-order valence-electron chi connectivity index (χ0n) is 25.9. The zero-order chi connectivity index (χ0) is 37.3. The van der Waals surface area contributed by atoms with Crippen LogP contribution in [0.2, 0.25) is 0 Å². The second kappa shape index (κ2) is 30.9. The van der Waals surface area contributed by atoms with Gasteiger partial charge in [0.2, 0.25) is 0 Å². The molecule has 0 aliphatic heterocycles. The lowest BCUT2D eigenvalue weighted by Crippen LogP contribution is -2.37. The molecule has 2 unspecified atom stereocenters. The summed E-state index contributed by atoms with van der Waals surface area (Å²) in [5.74, 6) is 1.21. The Morgan fingerprint density at radius 2 is 0.708 bits per heavy atom. The van der Waals surface area contributed by atoms with Gasteiger partial charge in [0, 0.05) is 36.5 Å². The van der Waals surface area contributed by atoms with Crippen LogP contribution in [0.4, 0.5) is 11.4 Å². The average molecular weight is 673 g/mol. The molecule has 0 amide bonds. The van der Waals surface area contributed by atoms with E-state index in [0.717, 1.165) is 24.5 Å². The molecule has 0 aliphatic carbocycles. The number of anilines is 2. The molecular formula is C30H36N6O12-6. The van der Waals surface area contributed by atoms with Crippen molar-refractivity contribution in [3.05, 3.63) is 97.1 Å². The molecule has 48 heavy (non-hydrogen) atoms. The van der Waals surface area contributed by atoms with Crippen LogP contribution in [0.15, 0.2) is 97.1 Å². The fourth-order valence-corrected chi connectivity index (χ4v) is 2.18. The summed E-state index contributed by atoms with van der Waals surface area (Å²) in [6.45, 7) is 5.72. The van der Waals surface area contributed by atoms with Gasteiger partial charge in [0.1, 0.15) is 0 Å². The predicted molar refractivity (Wildman–Crippen MR) is 161 cm³/mol. The van der Waals surface area contributed by atoms with Gasteiger partial charge < -0.3 is 70.0 Å². The monoisotopic (exact) mass is 672 g/mol. The van der Waals surface area contributed by atoms with Crippen molar-refractivity contribution < 1.29 is 59.4 Å². The van der Waals surface area contributed by atoms with Gasteiger partial charge in [0.05, 0.1) is 35.8 Å². The number of carboxylic acid groups (broad SMARTS) is 6. The van der Waals surface area contributed by atoms with Crippen molar-refractivity contribution in [3.8, 4) is 0 Å². The second-order valence-electron chi connectivity index (χ2n) is 8.54. The van der Waals surface area contributed by atoms with Crippen LogP contribution >= 0.6 is 0 Å². The molecule has 2 atom stereocenters. The van der Waals surface area contributed by atoms with Gasteiger partial charge in [0.25, 0.3) is 0 Å². The van der Waals surface area contributed by atoms with E-state index in [2.05, 4.69) is 21.5 Å². The first-order chi connectivity index (χ1) is 22.5. The molecule has 18 heteroatoms. The summed E-state index contributed by atoms with van der Waals surface area (Å²) in [7, 11) is 0. The van der Waals surface area contributed by atoms with Gasteiger partial charge in [-0.05, 0) is 74.6 Å². The third-order valence-electron chi connectivity index (χ3n) is 4.41. The Morgan fingerprint density at radius 3 is 0.875 bits per heavy atom. The van der Waals surface area contributed by atoms with E-state index in [9.17, 15) is 59.4 Å². The van der Waals surface area contributed by atoms with Gasteiger partial charge in [-0.1, -0.05) is 36.4 Å². The van der Waals surface area contributed by atoms with Crippen LogP contribution in [0, 0.1) is 0 Å². The number of carbonyl (C=O) groups excluding carboxylic acids is 6. The quantitative estimate of drug-likeness (QED) is 0.0616. The molecule has 0 radical (unpaired) electrons. The third kappa shape index (κ3) is 39.9. The van der Waals surface area contributed by atoms with Crippen molar-refractivity contribution >= 4 is 47.2 Å². The van der Waals surface area contributed by atoms with Crippen LogP contribution in [-0.2, 0) is 28.8 Å². The summed E-state index contributed by atoms with van der Waals surface area (Å²) in [5, 5.41) is 63.0. The minimum atomic E-state index is -1.55. The molecule has 0 fully saturated rings. The highest BCUT2D eigenvalue weighted by molar-refractivity contribution is 5.88. The van der Waals surface area contributed by atoms with Gasteiger partial charge in [-0.15, -0.1) is 0 Å². The van der Waals surface area contributed by atoms with Gasteiger partial charge in [-0.3, -0.25) is 22.5 Å². The molecule has 18 nitrogen and oxygen atoms in total. The molecule has 8 N–H and O–H groups in total. The number of aliphatic carboxylic acids is 6. The largest absolute Gasteiger partial charge is 0.545 e. The smallest absolute Gasteiger partial charge is 0.0643 e. The molecule has 0 saturated carbocycles. The summed E-state index contributed by atoms with van der Waals surface area (Å²) in [6.07, 6.45) is 2.31. The van der Waals surface area contributed by atoms with E-state index in [1.54, 1.807) is 0 Å². The van der Waals surface area contributed by atoms with Crippen LogP contribution in [0.25, 0.3) is 0 Å². The van der Waals surface area contributed by atoms with Gasteiger partial charge in [-0.2, -0.15) is 0 Å². The Kier molecular flexibility index (Phi) is 29.9. The lowest BCUT2D eigenvalue weighted by Gasteiger charge is -2.11. The number of nitrogens with one attached hydrogen (secondary N) is 4. The number of benzene rings is 2. The SMILES string of the molecule is CC(CNc1ccccc1)NN.CC(CNc1ccccc1)NN.O=C([O-])/C=C\C(=O)[O-].O=C([O-])/C=C\C(=O)[O-].O=C([O-])/C=C\C(=O)[O-]. The van der Waals surface area contributed by atoms with E-state index in [4.69, 9.17) is 11.7 Å². The minimum Gasteiger partial charge on any atom is -0.545 e. The van der Waals surface area contributed by atoms with E-state index in [-0.39, 0.29) is 12.1 Å². The highest BCUT2D eigenvalue weighted by Crippen LogP contribution is 2.04. The zero-order valence-corrected chi connectivity index (χ0v) is 25.9. The first kappa shape index (κ1) is 46.3. The van der Waals surface area contributed by atoms with E-state index < -0.39 is 35.8 Å². The maximum absolute atomic E-state index is 9.41. The van der Waals surface area contributed by atoms with Crippen molar-refractivity contribution in [1.82, 2.24) is 10.9 Å². The normalized spacial score (nSPS) is 11.0. The maximum atomic E-state index is 9.41.